The molecule has 0 aliphatic carbocycles. The smallest absolute Gasteiger partial charge is 0.319 e. The molecule has 2 amide bonds. The van der Waals surface area contributed by atoms with Gasteiger partial charge in [-0.25, -0.2) is 4.79 Å². The van der Waals surface area contributed by atoms with Crippen molar-refractivity contribution in [2.45, 2.75) is 13.0 Å². The summed E-state index contributed by atoms with van der Waals surface area (Å²) in [7, 11) is 3.54. The van der Waals surface area contributed by atoms with Crippen LogP contribution in [0.1, 0.15) is 6.92 Å². The van der Waals surface area contributed by atoms with Gasteiger partial charge in [-0.3, -0.25) is 0 Å². The van der Waals surface area contributed by atoms with E-state index in [0.29, 0.717) is 6.04 Å². The maximum atomic E-state index is 11.0. The van der Waals surface area contributed by atoms with Crippen molar-refractivity contribution in [3.63, 3.8) is 0 Å². The summed E-state index contributed by atoms with van der Waals surface area (Å²) in [4.78, 5) is 14.4. The number of nitrogens with zero attached hydrogens (tertiary/aromatic N) is 2. The molecule has 0 aromatic heterocycles. The van der Waals surface area contributed by atoms with E-state index in [1.807, 2.05) is 11.8 Å². The molecule has 52 valence electrons. The summed E-state index contributed by atoms with van der Waals surface area (Å²) in [6.45, 7) is 2.97. The van der Waals surface area contributed by atoms with Gasteiger partial charge in [0.25, 0.3) is 0 Å². The highest BCUT2D eigenvalue weighted by Crippen LogP contribution is 2.16. The van der Waals surface area contributed by atoms with Gasteiger partial charge in [0.1, 0.15) is 0 Å². The zero-order valence-electron chi connectivity index (χ0n) is 6.09. The van der Waals surface area contributed by atoms with E-state index in [9.17, 15) is 4.79 Å². The van der Waals surface area contributed by atoms with Crippen LogP contribution in [0.3, 0.4) is 0 Å². The van der Waals surface area contributed by atoms with Crippen molar-refractivity contribution in [2.75, 3.05) is 20.6 Å². The minimum Gasteiger partial charge on any atom is -0.331 e. The molecule has 0 radical (unpaired) electrons. The van der Waals surface area contributed by atoms with Crippen molar-refractivity contribution in [2.24, 2.45) is 0 Å². The van der Waals surface area contributed by atoms with E-state index >= 15 is 0 Å². The highest BCUT2D eigenvalue weighted by molar-refractivity contribution is 5.76. The molecule has 9 heavy (non-hydrogen) atoms. The first-order chi connectivity index (χ1) is 4.13. The first kappa shape index (κ1) is 6.39. The maximum absolute atomic E-state index is 11.0. The van der Waals surface area contributed by atoms with E-state index in [0.717, 1.165) is 6.54 Å². The Morgan fingerprint density at radius 2 is 2.11 bits per heavy atom. The summed E-state index contributed by atoms with van der Waals surface area (Å²) >= 11 is 0. The van der Waals surface area contributed by atoms with Gasteiger partial charge in [-0.2, -0.15) is 0 Å². The molecule has 0 N–H and O–H groups in total. The number of rotatable bonds is 0. The number of amides is 2. The van der Waals surface area contributed by atoms with E-state index in [1.165, 1.54) is 0 Å². The second-order valence-corrected chi connectivity index (χ2v) is 2.68. The van der Waals surface area contributed by atoms with E-state index < -0.39 is 0 Å². The quantitative estimate of drug-likeness (QED) is 0.432. The predicted octanol–water partition coefficient (Wildman–Crippen LogP) is 0.372. The third-order valence-corrected chi connectivity index (χ3v) is 1.49. The highest BCUT2D eigenvalue weighted by atomic mass is 16.2. The second kappa shape index (κ2) is 1.90. The summed E-state index contributed by atoms with van der Waals surface area (Å²) in [5.41, 5.74) is 0. The van der Waals surface area contributed by atoms with Crippen LogP contribution in [0.4, 0.5) is 4.79 Å². The fourth-order valence-corrected chi connectivity index (χ4v) is 0.761. The third-order valence-electron chi connectivity index (χ3n) is 1.49. The van der Waals surface area contributed by atoms with Gasteiger partial charge in [0.05, 0.1) is 0 Å². The SMILES string of the molecule is C[C@@H]1CN1C(=O)N(C)C. The Hall–Kier alpha value is -0.730. The largest absolute Gasteiger partial charge is 0.331 e. The van der Waals surface area contributed by atoms with Gasteiger partial charge in [-0.1, -0.05) is 0 Å². The van der Waals surface area contributed by atoms with Gasteiger partial charge in [-0.05, 0) is 6.92 Å². The summed E-state index contributed by atoms with van der Waals surface area (Å²) in [5, 5.41) is 0. The van der Waals surface area contributed by atoms with Crippen LogP contribution in [0.2, 0.25) is 0 Å². The fourth-order valence-electron chi connectivity index (χ4n) is 0.761. The van der Waals surface area contributed by atoms with E-state index in [4.69, 9.17) is 0 Å². The lowest BCUT2D eigenvalue weighted by Crippen LogP contribution is -2.27. The summed E-state index contributed by atoms with van der Waals surface area (Å²) in [5.74, 6) is 0. The monoisotopic (exact) mass is 128 g/mol. The molecule has 0 bridgehead atoms. The van der Waals surface area contributed by atoms with Crippen LogP contribution >= 0.6 is 0 Å². The van der Waals surface area contributed by atoms with Gasteiger partial charge < -0.3 is 9.80 Å². The van der Waals surface area contributed by atoms with Crippen LogP contribution in [0.15, 0.2) is 0 Å². The molecule has 0 spiro atoms. The molecule has 1 saturated heterocycles. The third kappa shape index (κ3) is 1.15. The molecule has 0 unspecified atom stereocenters. The van der Waals surface area contributed by atoms with Gasteiger partial charge in [-0.15, -0.1) is 0 Å². The number of hydrogen-bond donors (Lipinski definition) is 0. The summed E-state index contributed by atoms with van der Waals surface area (Å²) < 4.78 is 0. The number of hydrogen-bond acceptors (Lipinski definition) is 1. The van der Waals surface area contributed by atoms with E-state index in [1.54, 1.807) is 19.0 Å². The normalized spacial score (nSPS) is 23.9. The van der Waals surface area contributed by atoms with Crippen molar-refractivity contribution in [1.29, 1.82) is 0 Å². The van der Waals surface area contributed by atoms with Gasteiger partial charge in [0.2, 0.25) is 0 Å². The second-order valence-electron chi connectivity index (χ2n) is 2.68. The summed E-state index contributed by atoms with van der Waals surface area (Å²) in [6, 6.07) is 0.599. The molecule has 1 aliphatic rings. The Morgan fingerprint density at radius 3 is 2.22 bits per heavy atom. The van der Waals surface area contributed by atoms with Crippen LogP contribution in [-0.2, 0) is 0 Å². The lowest BCUT2D eigenvalue weighted by molar-refractivity contribution is 0.202. The number of carbonyl (C=O) groups is 1. The van der Waals surface area contributed by atoms with Crippen LogP contribution in [0.25, 0.3) is 0 Å². The van der Waals surface area contributed by atoms with Gasteiger partial charge in [0, 0.05) is 26.7 Å². The van der Waals surface area contributed by atoms with Crippen LogP contribution in [0, 0.1) is 0 Å². The molecular formula is C6H12N2O. The minimum absolute atomic E-state index is 0.127. The number of carbonyl (C=O) groups excluding carboxylic acids is 1. The molecular weight excluding hydrogens is 116 g/mol. The molecule has 0 aromatic carbocycles. The topological polar surface area (TPSA) is 23.3 Å². The Bertz CT molecular complexity index is 133. The van der Waals surface area contributed by atoms with Crippen molar-refractivity contribution >= 4 is 6.03 Å². The Labute approximate surface area is 55.2 Å². The molecule has 1 heterocycles. The van der Waals surface area contributed by atoms with Crippen LogP contribution in [0.5, 0.6) is 0 Å². The molecule has 3 heteroatoms. The fraction of sp³-hybridized carbons (Fsp3) is 0.833. The Morgan fingerprint density at radius 1 is 1.67 bits per heavy atom. The summed E-state index contributed by atoms with van der Waals surface area (Å²) in [6.07, 6.45) is 0. The molecule has 1 aliphatic heterocycles. The molecule has 0 aromatic rings. The zero-order chi connectivity index (χ0) is 7.02. The van der Waals surface area contributed by atoms with E-state index in [-0.39, 0.29) is 6.03 Å². The molecule has 1 atom stereocenters. The average Bonchev–Trinajstić information content (AvgIpc) is 2.44. The van der Waals surface area contributed by atoms with Crippen LogP contribution < -0.4 is 0 Å². The molecule has 1 rings (SSSR count). The lowest BCUT2D eigenvalue weighted by atomic mass is 10.6. The zero-order valence-corrected chi connectivity index (χ0v) is 6.09. The highest BCUT2D eigenvalue weighted by Gasteiger charge is 2.34. The molecule has 0 saturated carbocycles. The molecule has 3 nitrogen and oxygen atoms in total. The predicted molar refractivity (Wildman–Crippen MR) is 35.3 cm³/mol. The Kier molecular flexibility index (Phi) is 1.35. The first-order valence-electron chi connectivity index (χ1n) is 3.11. The van der Waals surface area contributed by atoms with Crippen molar-refractivity contribution in [3.05, 3.63) is 0 Å². The molecule has 1 fully saturated rings. The number of urea groups is 1. The van der Waals surface area contributed by atoms with Gasteiger partial charge in [0.15, 0.2) is 0 Å². The van der Waals surface area contributed by atoms with E-state index in [2.05, 4.69) is 0 Å². The Balaban J connectivity index is 2.36. The van der Waals surface area contributed by atoms with Crippen LogP contribution in [-0.4, -0.2) is 42.5 Å². The average molecular weight is 128 g/mol. The standard InChI is InChI=1S/C6H12N2O/c1-5-4-8(5)6(9)7(2)3/h5H,4H2,1-3H3/t5-,8?/m1/s1. The van der Waals surface area contributed by atoms with Crippen molar-refractivity contribution < 1.29 is 4.79 Å². The minimum atomic E-state index is 0.127. The first-order valence-corrected chi connectivity index (χ1v) is 3.11. The maximum Gasteiger partial charge on any atom is 0.319 e. The van der Waals surface area contributed by atoms with Crippen molar-refractivity contribution in [3.8, 4) is 0 Å². The van der Waals surface area contributed by atoms with Crippen molar-refractivity contribution in [1.82, 2.24) is 9.80 Å². The lowest BCUT2D eigenvalue weighted by Gasteiger charge is -2.10. The van der Waals surface area contributed by atoms with Gasteiger partial charge >= 0.3 is 6.03 Å².